The Morgan fingerprint density at radius 2 is 2.15 bits per heavy atom. The SMILES string of the molecule is COc1cc(F)c2c(C)csc2c1. The van der Waals surface area contributed by atoms with E-state index in [-0.39, 0.29) is 5.82 Å². The van der Waals surface area contributed by atoms with Gasteiger partial charge >= 0.3 is 0 Å². The normalized spacial score (nSPS) is 10.7. The highest BCUT2D eigenvalue weighted by Crippen LogP contribution is 2.31. The maximum Gasteiger partial charge on any atom is 0.135 e. The van der Waals surface area contributed by atoms with E-state index in [4.69, 9.17) is 4.74 Å². The van der Waals surface area contributed by atoms with Crippen LogP contribution < -0.4 is 4.74 Å². The number of aryl methyl sites for hydroxylation is 1. The highest BCUT2D eigenvalue weighted by Gasteiger charge is 2.07. The van der Waals surface area contributed by atoms with E-state index in [9.17, 15) is 4.39 Å². The van der Waals surface area contributed by atoms with Gasteiger partial charge < -0.3 is 4.74 Å². The standard InChI is InChI=1S/C10H9FOS/c1-6-5-13-9-4-7(12-2)3-8(11)10(6)9/h3-5H,1-2H3. The summed E-state index contributed by atoms with van der Waals surface area (Å²) in [6, 6.07) is 3.28. The molecule has 0 atom stereocenters. The molecule has 0 saturated carbocycles. The minimum absolute atomic E-state index is 0.201. The highest BCUT2D eigenvalue weighted by molar-refractivity contribution is 7.17. The van der Waals surface area contributed by atoms with Crippen LogP contribution in [0.4, 0.5) is 4.39 Å². The van der Waals surface area contributed by atoms with Crippen molar-refractivity contribution < 1.29 is 9.13 Å². The van der Waals surface area contributed by atoms with Crippen molar-refractivity contribution in [3.63, 3.8) is 0 Å². The van der Waals surface area contributed by atoms with Gasteiger partial charge in [-0.1, -0.05) is 0 Å². The molecule has 0 aliphatic carbocycles. The number of benzene rings is 1. The van der Waals surface area contributed by atoms with E-state index in [0.717, 1.165) is 10.3 Å². The van der Waals surface area contributed by atoms with Gasteiger partial charge in [-0.25, -0.2) is 4.39 Å². The van der Waals surface area contributed by atoms with Crippen LogP contribution in [0.3, 0.4) is 0 Å². The topological polar surface area (TPSA) is 9.23 Å². The molecule has 2 aromatic rings. The monoisotopic (exact) mass is 196 g/mol. The molecule has 0 bridgehead atoms. The van der Waals surface area contributed by atoms with Crippen LogP contribution in [0.2, 0.25) is 0 Å². The molecule has 0 spiro atoms. The fraction of sp³-hybridized carbons (Fsp3) is 0.200. The molecule has 0 amide bonds. The van der Waals surface area contributed by atoms with Crippen LogP contribution in [0, 0.1) is 12.7 Å². The fourth-order valence-corrected chi connectivity index (χ4v) is 2.34. The number of rotatable bonds is 1. The van der Waals surface area contributed by atoms with Crippen LogP contribution >= 0.6 is 11.3 Å². The molecule has 1 aromatic heterocycles. The highest BCUT2D eigenvalue weighted by atomic mass is 32.1. The van der Waals surface area contributed by atoms with Crippen molar-refractivity contribution in [3.8, 4) is 5.75 Å². The Balaban J connectivity index is 2.79. The number of thiophene rings is 1. The first kappa shape index (κ1) is 8.51. The van der Waals surface area contributed by atoms with Gasteiger partial charge in [0, 0.05) is 16.2 Å². The largest absolute Gasteiger partial charge is 0.497 e. The second kappa shape index (κ2) is 3.00. The Morgan fingerprint density at radius 1 is 1.38 bits per heavy atom. The summed E-state index contributed by atoms with van der Waals surface area (Å²) < 4.78 is 19.4. The summed E-state index contributed by atoms with van der Waals surface area (Å²) in [5.41, 5.74) is 0.986. The number of ether oxygens (including phenoxy) is 1. The van der Waals surface area contributed by atoms with E-state index in [2.05, 4.69) is 0 Å². The summed E-state index contributed by atoms with van der Waals surface area (Å²) in [5.74, 6) is 0.375. The van der Waals surface area contributed by atoms with Crippen LogP contribution in [0.15, 0.2) is 17.5 Å². The number of hydrogen-bond acceptors (Lipinski definition) is 2. The summed E-state index contributed by atoms with van der Waals surface area (Å²) in [4.78, 5) is 0. The van der Waals surface area contributed by atoms with Crippen molar-refractivity contribution in [1.82, 2.24) is 0 Å². The van der Waals surface area contributed by atoms with Gasteiger partial charge in [0.2, 0.25) is 0 Å². The van der Waals surface area contributed by atoms with Crippen LogP contribution in [-0.2, 0) is 0 Å². The Bertz CT molecular complexity index is 447. The first-order chi connectivity index (χ1) is 6.22. The van der Waals surface area contributed by atoms with Crippen LogP contribution in [-0.4, -0.2) is 7.11 Å². The summed E-state index contributed by atoms with van der Waals surface area (Å²) in [7, 11) is 1.54. The first-order valence-corrected chi connectivity index (χ1v) is 4.81. The van der Waals surface area contributed by atoms with E-state index in [1.807, 2.05) is 18.4 Å². The quantitative estimate of drug-likeness (QED) is 0.679. The van der Waals surface area contributed by atoms with E-state index in [1.165, 1.54) is 17.4 Å². The van der Waals surface area contributed by atoms with Crippen LogP contribution in [0.5, 0.6) is 5.75 Å². The first-order valence-electron chi connectivity index (χ1n) is 3.93. The third-order valence-electron chi connectivity index (χ3n) is 2.02. The van der Waals surface area contributed by atoms with E-state index >= 15 is 0 Å². The Morgan fingerprint density at radius 3 is 2.85 bits per heavy atom. The zero-order valence-corrected chi connectivity index (χ0v) is 8.24. The number of halogens is 1. The molecule has 0 saturated heterocycles. The molecule has 0 aliphatic heterocycles. The van der Waals surface area contributed by atoms with Crippen molar-refractivity contribution >= 4 is 21.4 Å². The number of methoxy groups -OCH3 is 1. The zero-order valence-electron chi connectivity index (χ0n) is 7.43. The van der Waals surface area contributed by atoms with Crippen molar-refractivity contribution in [2.24, 2.45) is 0 Å². The van der Waals surface area contributed by atoms with Gasteiger partial charge in [-0.15, -0.1) is 11.3 Å². The second-order valence-electron chi connectivity index (χ2n) is 2.90. The minimum atomic E-state index is -0.201. The van der Waals surface area contributed by atoms with E-state index in [1.54, 1.807) is 7.11 Å². The Labute approximate surface area is 79.8 Å². The molecular formula is C10H9FOS. The fourth-order valence-electron chi connectivity index (χ4n) is 1.36. The van der Waals surface area contributed by atoms with E-state index in [0.29, 0.717) is 11.1 Å². The van der Waals surface area contributed by atoms with Gasteiger partial charge in [-0.05, 0) is 23.9 Å². The molecule has 1 nitrogen and oxygen atoms in total. The van der Waals surface area contributed by atoms with Crippen molar-refractivity contribution in [1.29, 1.82) is 0 Å². The van der Waals surface area contributed by atoms with Gasteiger partial charge in [-0.2, -0.15) is 0 Å². The molecule has 2 rings (SSSR count). The molecular weight excluding hydrogens is 187 g/mol. The lowest BCUT2D eigenvalue weighted by Crippen LogP contribution is -1.84. The van der Waals surface area contributed by atoms with E-state index < -0.39 is 0 Å². The Hall–Kier alpha value is -1.09. The molecule has 68 valence electrons. The summed E-state index contributed by atoms with van der Waals surface area (Å²) in [6.07, 6.45) is 0. The molecule has 1 aromatic carbocycles. The van der Waals surface area contributed by atoms with Gasteiger partial charge in [0.1, 0.15) is 11.6 Å². The average molecular weight is 196 g/mol. The molecule has 3 heteroatoms. The maximum atomic E-state index is 13.5. The minimum Gasteiger partial charge on any atom is -0.497 e. The molecule has 0 fully saturated rings. The number of fused-ring (bicyclic) bond motifs is 1. The third-order valence-corrected chi connectivity index (χ3v) is 3.07. The van der Waals surface area contributed by atoms with Crippen molar-refractivity contribution in [2.75, 3.05) is 7.11 Å². The molecule has 0 N–H and O–H groups in total. The molecule has 13 heavy (non-hydrogen) atoms. The lowest BCUT2D eigenvalue weighted by molar-refractivity contribution is 0.412. The lowest BCUT2D eigenvalue weighted by atomic mass is 10.2. The number of hydrogen-bond donors (Lipinski definition) is 0. The lowest BCUT2D eigenvalue weighted by Gasteiger charge is -2.00. The van der Waals surface area contributed by atoms with Crippen LogP contribution in [0.25, 0.3) is 10.1 Å². The third kappa shape index (κ3) is 1.29. The molecule has 0 aliphatic rings. The van der Waals surface area contributed by atoms with Gasteiger partial charge in [-0.3, -0.25) is 0 Å². The molecule has 0 radical (unpaired) electrons. The van der Waals surface area contributed by atoms with Crippen molar-refractivity contribution in [3.05, 3.63) is 28.9 Å². The van der Waals surface area contributed by atoms with Gasteiger partial charge in [0.05, 0.1) is 7.11 Å². The molecule has 1 heterocycles. The maximum absolute atomic E-state index is 13.5. The summed E-state index contributed by atoms with van der Waals surface area (Å²) >= 11 is 1.54. The van der Waals surface area contributed by atoms with Crippen LogP contribution in [0.1, 0.15) is 5.56 Å². The summed E-state index contributed by atoms with van der Waals surface area (Å²) in [5, 5.41) is 2.67. The predicted octanol–water partition coefficient (Wildman–Crippen LogP) is 3.36. The Kier molecular flexibility index (Phi) is 1.96. The zero-order chi connectivity index (χ0) is 9.42. The predicted molar refractivity (Wildman–Crippen MR) is 53.1 cm³/mol. The van der Waals surface area contributed by atoms with Gasteiger partial charge in [0.15, 0.2) is 0 Å². The van der Waals surface area contributed by atoms with Gasteiger partial charge in [0.25, 0.3) is 0 Å². The van der Waals surface area contributed by atoms with Crippen molar-refractivity contribution in [2.45, 2.75) is 6.92 Å². The second-order valence-corrected chi connectivity index (χ2v) is 3.81. The smallest absolute Gasteiger partial charge is 0.135 e. The average Bonchev–Trinajstić information content (AvgIpc) is 2.48. The molecule has 0 unspecified atom stereocenters. The summed E-state index contributed by atoms with van der Waals surface area (Å²) in [6.45, 7) is 1.91.